The molecule has 4 N–H and O–H groups in total. The lowest BCUT2D eigenvalue weighted by Gasteiger charge is -2.26. The van der Waals surface area contributed by atoms with Gasteiger partial charge in [-0.3, -0.25) is 9.69 Å². The number of hydrogen-bond donors (Lipinski definition) is 3. The van der Waals surface area contributed by atoms with E-state index in [-0.39, 0.29) is 5.91 Å². The van der Waals surface area contributed by atoms with Crippen molar-refractivity contribution < 1.29 is 9.53 Å². The van der Waals surface area contributed by atoms with E-state index in [1.165, 1.54) is 0 Å². The first kappa shape index (κ1) is 21.2. The van der Waals surface area contributed by atoms with Crippen molar-refractivity contribution in [2.24, 2.45) is 10.7 Å². The van der Waals surface area contributed by atoms with Crippen molar-refractivity contribution in [2.45, 2.75) is 32.7 Å². The molecule has 0 atom stereocenters. The second-order valence-electron chi connectivity index (χ2n) is 6.74. The zero-order valence-electron chi connectivity index (χ0n) is 16.4. The molecule has 0 spiro atoms. The Morgan fingerprint density at radius 3 is 2.56 bits per heavy atom. The molecule has 0 radical (unpaired) electrons. The van der Waals surface area contributed by atoms with Gasteiger partial charge in [-0.25, -0.2) is 4.99 Å². The predicted molar refractivity (Wildman–Crippen MR) is 109 cm³/mol. The van der Waals surface area contributed by atoms with Gasteiger partial charge in [-0.2, -0.15) is 0 Å². The van der Waals surface area contributed by atoms with E-state index in [9.17, 15) is 4.79 Å². The molecule has 2 rings (SSSR count). The van der Waals surface area contributed by atoms with Crippen molar-refractivity contribution in [3.05, 3.63) is 35.4 Å². The number of nitrogens with zero attached hydrogens (tertiary/aromatic N) is 2. The van der Waals surface area contributed by atoms with Gasteiger partial charge in [0.05, 0.1) is 19.8 Å². The highest BCUT2D eigenvalue weighted by Crippen LogP contribution is 2.06. The Morgan fingerprint density at radius 1 is 1.15 bits per heavy atom. The maximum absolute atomic E-state index is 12.0. The quantitative estimate of drug-likeness (QED) is 0.326. The lowest BCUT2D eigenvalue weighted by Crippen LogP contribution is -2.39. The number of unbranched alkanes of at least 4 members (excludes halogenated alkanes) is 1. The molecule has 27 heavy (non-hydrogen) atoms. The summed E-state index contributed by atoms with van der Waals surface area (Å²) in [5.74, 6) is 0.429. The van der Waals surface area contributed by atoms with Crippen LogP contribution in [0.2, 0.25) is 0 Å². The van der Waals surface area contributed by atoms with Crippen LogP contribution in [-0.2, 0) is 11.3 Å². The van der Waals surface area contributed by atoms with Gasteiger partial charge in [0.1, 0.15) is 0 Å². The Balaban J connectivity index is 1.65. The molecule has 1 aliphatic heterocycles. The van der Waals surface area contributed by atoms with Crippen molar-refractivity contribution in [1.29, 1.82) is 0 Å². The topological polar surface area (TPSA) is 92.0 Å². The molecule has 1 aromatic carbocycles. The number of guanidine groups is 1. The number of hydrogen-bond acceptors (Lipinski definition) is 4. The molecular weight excluding hydrogens is 342 g/mol. The summed E-state index contributed by atoms with van der Waals surface area (Å²) in [5, 5.41) is 6.07. The molecule has 0 aliphatic carbocycles. The highest BCUT2D eigenvalue weighted by Gasteiger charge is 2.09. The Hall–Kier alpha value is -2.12. The van der Waals surface area contributed by atoms with Crippen molar-refractivity contribution in [3.63, 3.8) is 0 Å². The number of carbonyl (C=O) groups excluding carboxylic acids is 1. The van der Waals surface area contributed by atoms with E-state index in [0.29, 0.717) is 18.1 Å². The van der Waals surface area contributed by atoms with Crippen LogP contribution >= 0.6 is 0 Å². The molecule has 7 heteroatoms. The minimum atomic E-state index is -0.0278. The third-order valence-corrected chi connectivity index (χ3v) is 4.52. The summed E-state index contributed by atoms with van der Waals surface area (Å²) < 4.78 is 5.34. The first-order chi connectivity index (χ1) is 13.2. The Labute approximate surface area is 162 Å². The second-order valence-corrected chi connectivity index (χ2v) is 6.74. The fourth-order valence-electron chi connectivity index (χ4n) is 2.82. The zero-order valence-corrected chi connectivity index (χ0v) is 16.4. The molecular formula is C20H33N5O2. The van der Waals surface area contributed by atoms with Crippen LogP contribution in [-0.4, -0.2) is 62.7 Å². The highest BCUT2D eigenvalue weighted by molar-refractivity contribution is 5.94. The van der Waals surface area contributed by atoms with E-state index in [1.54, 1.807) is 0 Å². The highest BCUT2D eigenvalue weighted by atomic mass is 16.5. The van der Waals surface area contributed by atoms with Crippen LogP contribution in [0.25, 0.3) is 0 Å². The average molecular weight is 376 g/mol. The Bertz CT molecular complexity index is 583. The summed E-state index contributed by atoms with van der Waals surface area (Å²) in [6.45, 7) is 8.86. The minimum Gasteiger partial charge on any atom is -0.379 e. The molecule has 150 valence electrons. The van der Waals surface area contributed by atoms with Crippen LogP contribution in [0.15, 0.2) is 29.3 Å². The van der Waals surface area contributed by atoms with Gasteiger partial charge in [0.2, 0.25) is 0 Å². The number of rotatable bonds is 10. The molecule has 0 unspecified atom stereocenters. The van der Waals surface area contributed by atoms with Crippen LogP contribution in [0.4, 0.5) is 0 Å². The summed E-state index contributed by atoms with van der Waals surface area (Å²) in [4.78, 5) is 18.7. The van der Waals surface area contributed by atoms with Gasteiger partial charge in [-0.1, -0.05) is 25.5 Å². The SMILES string of the molecule is CCCCNC(=O)c1ccc(CN=C(N)NCCCN2CCOCC2)cc1. The van der Waals surface area contributed by atoms with Crippen molar-refractivity contribution in [1.82, 2.24) is 15.5 Å². The smallest absolute Gasteiger partial charge is 0.251 e. The van der Waals surface area contributed by atoms with E-state index < -0.39 is 0 Å². The van der Waals surface area contributed by atoms with Crippen LogP contribution in [0.3, 0.4) is 0 Å². The van der Waals surface area contributed by atoms with Gasteiger partial charge >= 0.3 is 0 Å². The molecule has 7 nitrogen and oxygen atoms in total. The number of morpholine rings is 1. The number of benzene rings is 1. The normalized spacial score (nSPS) is 15.5. The third-order valence-electron chi connectivity index (χ3n) is 4.52. The lowest BCUT2D eigenvalue weighted by molar-refractivity contribution is 0.0376. The average Bonchev–Trinajstić information content (AvgIpc) is 2.71. The fourth-order valence-corrected chi connectivity index (χ4v) is 2.82. The van der Waals surface area contributed by atoms with Gasteiger partial charge in [-0.15, -0.1) is 0 Å². The first-order valence-electron chi connectivity index (χ1n) is 9.90. The van der Waals surface area contributed by atoms with Gasteiger partial charge in [0.15, 0.2) is 5.96 Å². The van der Waals surface area contributed by atoms with Crippen molar-refractivity contribution in [2.75, 3.05) is 45.9 Å². The van der Waals surface area contributed by atoms with Gasteiger partial charge in [0, 0.05) is 31.7 Å². The summed E-state index contributed by atoms with van der Waals surface area (Å²) in [6.07, 6.45) is 3.09. The molecule has 1 aromatic rings. The maximum atomic E-state index is 12.0. The summed E-state index contributed by atoms with van der Waals surface area (Å²) >= 11 is 0. The minimum absolute atomic E-state index is 0.0278. The molecule has 1 fully saturated rings. The number of nitrogens with two attached hydrogens (primary N) is 1. The monoisotopic (exact) mass is 375 g/mol. The summed E-state index contributed by atoms with van der Waals surface area (Å²) in [5.41, 5.74) is 7.63. The number of amides is 1. The molecule has 0 aromatic heterocycles. The molecule has 1 amide bonds. The first-order valence-corrected chi connectivity index (χ1v) is 9.90. The lowest BCUT2D eigenvalue weighted by atomic mass is 10.1. The summed E-state index contributed by atoms with van der Waals surface area (Å²) in [6, 6.07) is 7.50. The van der Waals surface area contributed by atoms with Crippen molar-refractivity contribution in [3.8, 4) is 0 Å². The van der Waals surface area contributed by atoms with Crippen LogP contribution in [0.1, 0.15) is 42.1 Å². The van der Waals surface area contributed by atoms with Crippen LogP contribution < -0.4 is 16.4 Å². The van der Waals surface area contributed by atoms with Gasteiger partial charge in [0.25, 0.3) is 5.91 Å². The molecule has 1 heterocycles. The fraction of sp³-hybridized carbons (Fsp3) is 0.600. The Kier molecular flexibility index (Phi) is 9.65. The number of nitrogens with one attached hydrogen (secondary N) is 2. The van der Waals surface area contributed by atoms with Crippen molar-refractivity contribution >= 4 is 11.9 Å². The number of carbonyl (C=O) groups is 1. The van der Waals surface area contributed by atoms with E-state index in [4.69, 9.17) is 10.5 Å². The van der Waals surface area contributed by atoms with Crippen LogP contribution in [0, 0.1) is 0 Å². The van der Waals surface area contributed by atoms with E-state index >= 15 is 0 Å². The third kappa shape index (κ3) is 8.41. The predicted octanol–water partition coefficient (Wildman–Crippen LogP) is 1.34. The number of ether oxygens (including phenoxy) is 1. The summed E-state index contributed by atoms with van der Waals surface area (Å²) in [7, 11) is 0. The number of aliphatic imine (C=N–C) groups is 1. The maximum Gasteiger partial charge on any atom is 0.251 e. The van der Waals surface area contributed by atoms with E-state index in [2.05, 4.69) is 27.4 Å². The molecule has 1 saturated heterocycles. The van der Waals surface area contributed by atoms with Gasteiger partial charge < -0.3 is 21.1 Å². The van der Waals surface area contributed by atoms with Gasteiger partial charge in [-0.05, 0) is 37.1 Å². The largest absolute Gasteiger partial charge is 0.379 e. The Morgan fingerprint density at radius 2 is 1.85 bits per heavy atom. The van der Waals surface area contributed by atoms with E-state index in [0.717, 1.165) is 70.8 Å². The zero-order chi connectivity index (χ0) is 19.3. The molecule has 1 aliphatic rings. The van der Waals surface area contributed by atoms with Crippen LogP contribution in [0.5, 0.6) is 0 Å². The molecule has 0 bridgehead atoms. The standard InChI is InChI=1S/C20H33N5O2/c1-2-3-9-22-19(26)18-7-5-17(6-8-18)16-24-20(21)23-10-4-11-25-12-14-27-15-13-25/h5-8H,2-4,9-16H2,1H3,(H,22,26)(H3,21,23,24). The van der Waals surface area contributed by atoms with E-state index in [1.807, 2.05) is 24.3 Å². The molecule has 0 saturated carbocycles. The second kappa shape index (κ2) is 12.3.